The summed E-state index contributed by atoms with van der Waals surface area (Å²) in [5.74, 6) is -0.545. The number of amides is 3. The Bertz CT molecular complexity index is 1230. The number of rotatable bonds is 6. The fourth-order valence-electron chi connectivity index (χ4n) is 5.02. The van der Waals surface area contributed by atoms with Gasteiger partial charge in [0.05, 0.1) is 28.8 Å². The zero-order chi connectivity index (χ0) is 26.7. The number of nitrogens with one attached hydrogen (secondary N) is 1. The van der Waals surface area contributed by atoms with Gasteiger partial charge in [-0.2, -0.15) is 0 Å². The highest BCUT2D eigenvalue weighted by Crippen LogP contribution is 2.33. The summed E-state index contributed by atoms with van der Waals surface area (Å²) in [4.78, 5) is 44.9. The molecule has 1 N–H and O–H groups in total. The molecule has 0 aromatic heterocycles. The van der Waals surface area contributed by atoms with Crippen molar-refractivity contribution in [3.8, 4) is 0 Å². The Morgan fingerprint density at radius 3 is 2.49 bits per heavy atom. The number of urea groups is 1. The van der Waals surface area contributed by atoms with E-state index in [0.717, 1.165) is 11.1 Å². The van der Waals surface area contributed by atoms with Crippen LogP contribution in [-0.2, 0) is 9.53 Å². The van der Waals surface area contributed by atoms with Gasteiger partial charge in [-0.1, -0.05) is 48.0 Å². The Morgan fingerprint density at radius 2 is 1.81 bits per heavy atom. The van der Waals surface area contributed by atoms with Gasteiger partial charge in [-0.05, 0) is 44.0 Å². The zero-order valence-corrected chi connectivity index (χ0v) is 22.4. The fraction of sp³-hybridized carbons (Fsp3) is 0.393. The van der Waals surface area contributed by atoms with E-state index in [9.17, 15) is 14.4 Å². The molecule has 2 aliphatic rings. The fourth-order valence-corrected chi connectivity index (χ4v) is 5.24. The Labute approximate surface area is 222 Å². The second kappa shape index (κ2) is 11.4. The average Bonchev–Trinajstić information content (AvgIpc) is 2.87. The molecule has 2 heterocycles. The van der Waals surface area contributed by atoms with Gasteiger partial charge < -0.3 is 15.0 Å². The maximum Gasteiger partial charge on any atom is 0.338 e. The summed E-state index contributed by atoms with van der Waals surface area (Å²) < 4.78 is 5.45. The Hall–Kier alpha value is -3.36. The SMILES string of the molecule is CCOC(=O)C1=C(CN2CCN(C(=O)c3ccccc3Cl)[C@H](C)C2)N(C)C(=O)N[C@H]1c1ccccc1C. The topological polar surface area (TPSA) is 82.2 Å². The number of esters is 1. The van der Waals surface area contributed by atoms with Crippen LogP contribution in [0.2, 0.25) is 5.02 Å². The molecule has 0 aliphatic carbocycles. The van der Waals surface area contributed by atoms with Crippen LogP contribution < -0.4 is 5.32 Å². The van der Waals surface area contributed by atoms with E-state index in [4.69, 9.17) is 16.3 Å². The third-order valence-electron chi connectivity index (χ3n) is 7.02. The smallest absolute Gasteiger partial charge is 0.338 e. The van der Waals surface area contributed by atoms with Gasteiger partial charge >= 0.3 is 12.0 Å². The third-order valence-corrected chi connectivity index (χ3v) is 7.35. The number of ether oxygens (including phenoxy) is 1. The van der Waals surface area contributed by atoms with Gasteiger partial charge in [0.2, 0.25) is 0 Å². The molecule has 1 saturated heterocycles. The minimum atomic E-state index is -0.612. The monoisotopic (exact) mass is 524 g/mol. The first-order valence-corrected chi connectivity index (χ1v) is 12.9. The molecule has 0 bridgehead atoms. The molecule has 0 saturated carbocycles. The molecule has 3 amide bonds. The normalized spacial score (nSPS) is 20.6. The third kappa shape index (κ3) is 5.50. The number of piperazine rings is 1. The van der Waals surface area contributed by atoms with Crippen molar-refractivity contribution in [3.05, 3.63) is 81.5 Å². The molecular weight excluding hydrogens is 492 g/mol. The van der Waals surface area contributed by atoms with E-state index < -0.39 is 12.0 Å². The molecule has 37 heavy (non-hydrogen) atoms. The molecule has 2 aromatic rings. The standard InChI is InChI=1S/C28H33ClN4O4/c1-5-37-27(35)24-23(31(4)28(36)30-25(24)20-11-7-6-10-18(20)2)17-32-14-15-33(19(3)16-32)26(34)21-12-8-9-13-22(21)29/h6-13,19,25H,5,14-17H2,1-4H3,(H,30,36)/t19-,25+/m1/s1. The zero-order valence-electron chi connectivity index (χ0n) is 21.7. The van der Waals surface area contributed by atoms with Crippen LogP contribution in [-0.4, -0.2) is 78.5 Å². The summed E-state index contributed by atoms with van der Waals surface area (Å²) in [6.07, 6.45) is 0. The second-order valence-electron chi connectivity index (χ2n) is 9.44. The highest BCUT2D eigenvalue weighted by molar-refractivity contribution is 6.33. The van der Waals surface area contributed by atoms with Crippen LogP contribution >= 0.6 is 11.6 Å². The van der Waals surface area contributed by atoms with Crippen molar-refractivity contribution in [3.63, 3.8) is 0 Å². The van der Waals surface area contributed by atoms with Crippen LogP contribution in [0.1, 0.15) is 41.4 Å². The van der Waals surface area contributed by atoms with Crippen molar-refractivity contribution in [1.29, 1.82) is 0 Å². The second-order valence-corrected chi connectivity index (χ2v) is 9.85. The van der Waals surface area contributed by atoms with E-state index in [0.29, 0.717) is 48.0 Å². The quantitative estimate of drug-likeness (QED) is 0.577. The average molecular weight is 525 g/mol. The number of nitrogens with zero attached hydrogens (tertiary/aromatic N) is 3. The van der Waals surface area contributed by atoms with Crippen molar-refractivity contribution >= 4 is 29.5 Å². The molecule has 0 spiro atoms. The number of aryl methyl sites for hydroxylation is 1. The van der Waals surface area contributed by atoms with Crippen molar-refractivity contribution in [2.75, 3.05) is 39.8 Å². The molecule has 2 atom stereocenters. The van der Waals surface area contributed by atoms with E-state index in [1.165, 1.54) is 4.90 Å². The van der Waals surface area contributed by atoms with Crippen LogP contribution in [0.25, 0.3) is 0 Å². The van der Waals surface area contributed by atoms with Crippen molar-refractivity contribution in [2.45, 2.75) is 32.9 Å². The molecule has 0 radical (unpaired) electrons. The summed E-state index contributed by atoms with van der Waals surface area (Å²) in [7, 11) is 1.67. The predicted octanol–water partition coefficient (Wildman–Crippen LogP) is 4.01. The number of hydrogen-bond acceptors (Lipinski definition) is 5. The molecule has 2 aromatic carbocycles. The molecule has 4 rings (SSSR count). The number of carbonyl (C=O) groups is 3. The molecule has 1 fully saturated rings. The van der Waals surface area contributed by atoms with E-state index in [1.54, 1.807) is 38.2 Å². The Morgan fingerprint density at radius 1 is 1.11 bits per heavy atom. The first kappa shape index (κ1) is 26.7. The predicted molar refractivity (Wildman–Crippen MR) is 142 cm³/mol. The van der Waals surface area contributed by atoms with Crippen molar-refractivity contribution in [1.82, 2.24) is 20.0 Å². The van der Waals surface area contributed by atoms with Crippen molar-refractivity contribution < 1.29 is 19.1 Å². The van der Waals surface area contributed by atoms with Gasteiger partial charge in [0.1, 0.15) is 0 Å². The summed E-state index contributed by atoms with van der Waals surface area (Å²) >= 11 is 6.27. The maximum atomic E-state index is 13.2. The number of likely N-dealkylation sites (N-methyl/N-ethyl adjacent to an activating group) is 1. The highest BCUT2D eigenvalue weighted by atomic mass is 35.5. The van der Waals surface area contributed by atoms with E-state index in [2.05, 4.69) is 10.2 Å². The summed E-state index contributed by atoms with van der Waals surface area (Å²) in [5, 5.41) is 3.41. The molecule has 196 valence electrons. The van der Waals surface area contributed by atoms with Gasteiger partial charge in [0.15, 0.2) is 0 Å². The first-order valence-electron chi connectivity index (χ1n) is 12.5. The lowest BCUT2D eigenvalue weighted by Gasteiger charge is -2.42. The Balaban J connectivity index is 1.62. The molecule has 9 heteroatoms. The summed E-state index contributed by atoms with van der Waals surface area (Å²) in [6, 6.07) is 13.8. The number of benzene rings is 2. The van der Waals surface area contributed by atoms with Gasteiger partial charge in [0, 0.05) is 45.0 Å². The molecule has 8 nitrogen and oxygen atoms in total. The van der Waals surface area contributed by atoms with Crippen LogP contribution in [0.4, 0.5) is 4.79 Å². The van der Waals surface area contributed by atoms with Gasteiger partial charge in [-0.25, -0.2) is 9.59 Å². The van der Waals surface area contributed by atoms with Crippen LogP contribution in [0.15, 0.2) is 59.8 Å². The number of carbonyl (C=O) groups excluding carboxylic acids is 3. The minimum absolute atomic E-state index is 0.0842. The minimum Gasteiger partial charge on any atom is -0.463 e. The Kier molecular flexibility index (Phi) is 8.19. The van der Waals surface area contributed by atoms with Gasteiger partial charge in [-0.15, -0.1) is 0 Å². The van der Waals surface area contributed by atoms with Crippen LogP contribution in [0.3, 0.4) is 0 Å². The van der Waals surface area contributed by atoms with Crippen LogP contribution in [0.5, 0.6) is 0 Å². The largest absolute Gasteiger partial charge is 0.463 e. The van der Waals surface area contributed by atoms with Crippen molar-refractivity contribution in [2.24, 2.45) is 0 Å². The van der Waals surface area contributed by atoms with E-state index >= 15 is 0 Å². The lowest BCUT2D eigenvalue weighted by Crippen LogP contribution is -2.56. The highest BCUT2D eigenvalue weighted by Gasteiger charge is 2.39. The molecule has 2 aliphatic heterocycles. The first-order chi connectivity index (χ1) is 17.7. The van der Waals surface area contributed by atoms with Gasteiger partial charge in [0.25, 0.3) is 5.91 Å². The van der Waals surface area contributed by atoms with Crippen LogP contribution in [0, 0.1) is 6.92 Å². The maximum absolute atomic E-state index is 13.2. The number of halogens is 1. The van der Waals surface area contributed by atoms with E-state index in [-0.39, 0.29) is 24.6 Å². The lowest BCUT2D eigenvalue weighted by atomic mass is 9.91. The summed E-state index contributed by atoms with van der Waals surface area (Å²) in [6.45, 7) is 8.00. The summed E-state index contributed by atoms with van der Waals surface area (Å²) in [5.41, 5.74) is 3.35. The molecule has 0 unspecified atom stereocenters. The number of hydrogen-bond donors (Lipinski definition) is 1. The van der Waals surface area contributed by atoms with E-state index in [1.807, 2.05) is 43.0 Å². The molecular formula is C28H33ClN4O4. The van der Waals surface area contributed by atoms with Gasteiger partial charge in [-0.3, -0.25) is 14.6 Å². The lowest BCUT2D eigenvalue weighted by molar-refractivity contribution is -0.139.